The number of hydrogen-bond donors (Lipinski definition) is 0. The second kappa shape index (κ2) is 5.11. The summed E-state index contributed by atoms with van der Waals surface area (Å²) in [6.07, 6.45) is 4.89. The molecule has 0 fully saturated rings. The van der Waals surface area contributed by atoms with Crippen LogP contribution in [0.5, 0.6) is 0 Å². The van der Waals surface area contributed by atoms with Gasteiger partial charge in [-0.3, -0.25) is 9.48 Å². The molecule has 0 radical (unpaired) electrons. The van der Waals surface area contributed by atoms with Gasteiger partial charge >= 0.3 is 0 Å². The van der Waals surface area contributed by atoms with E-state index in [1.54, 1.807) is 13.2 Å². The van der Waals surface area contributed by atoms with E-state index >= 15 is 0 Å². The molecule has 0 unspecified atom stereocenters. The molecule has 2 aromatic heterocycles. The van der Waals surface area contributed by atoms with E-state index in [1.165, 1.54) is 12.1 Å². The lowest BCUT2D eigenvalue weighted by atomic mass is 10.0. The van der Waals surface area contributed by atoms with Crippen molar-refractivity contribution in [2.24, 2.45) is 0 Å². The molecular formula is C14H18N4O2. The van der Waals surface area contributed by atoms with Gasteiger partial charge in [-0.25, -0.2) is 4.98 Å². The Morgan fingerprint density at radius 1 is 1.50 bits per heavy atom. The summed E-state index contributed by atoms with van der Waals surface area (Å²) in [6, 6.07) is 0. The molecule has 1 aliphatic rings. The average Bonchev–Trinajstić information content (AvgIpc) is 3.06. The number of aryl methyl sites for hydroxylation is 1. The number of fused-ring (bicyclic) bond motifs is 1. The maximum atomic E-state index is 11.6. The third kappa shape index (κ3) is 2.11. The van der Waals surface area contributed by atoms with Gasteiger partial charge in [0.05, 0.1) is 0 Å². The molecule has 3 heterocycles. The Morgan fingerprint density at radius 3 is 3.00 bits per heavy atom. The number of carbonyl (C=O) groups excluding carboxylic acids is 1. The molecule has 6 nitrogen and oxygen atoms in total. The minimum Gasteiger partial charge on any atom is -0.451 e. The molecular weight excluding hydrogens is 256 g/mol. The van der Waals surface area contributed by atoms with E-state index in [0.717, 1.165) is 42.9 Å². The molecule has 20 heavy (non-hydrogen) atoms. The summed E-state index contributed by atoms with van der Waals surface area (Å²) in [5, 5.41) is 4.67. The molecule has 106 valence electrons. The number of nitrogens with zero attached hydrogens (tertiary/aromatic N) is 4. The number of oxazole rings is 1. The number of hydrogen-bond acceptors (Lipinski definition) is 4. The summed E-state index contributed by atoms with van der Waals surface area (Å²) in [5.74, 6) is 0.102. The van der Waals surface area contributed by atoms with Crippen molar-refractivity contribution in [2.45, 2.75) is 39.8 Å². The number of aromatic nitrogens is 3. The quantitative estimate of drug-likeness (QED) is 0.857. The van der Waals surface area contributed by atoms with Gasteiger partial charge in [0.15, 0.2) is 6.39 Å². The standard InChI is InChI=1S/C14H18N4O2/c1-3-5-18-13-4-6-17(10(2)19)7-11(13)14(16-18)12-8-20-9-15-12/h8-9H,3-7H2,1-2H3. The predicted molar refractivity (Wildman–Crippen MR) is 72.8 cm³/mol. The van der Waals surface area contributed by atoms with E-state index < -0.39 is 0 Å². The van der Waals surface area contributed by atoms with Crippen molar-refractivity contribution in [3.05, 3.63) is 23.9 Å². The van der Waals surface area contributed by atoms with Crippen molar-refractivity contribution in [3.8, 4) is 11.4 Å². The second-order valence-electron chi connectivity index (χ2n) is 5.06. The highest BCUT2D eigenvalue weighted by Gasteiger charge is 2.27. The van der Waals surface area contributed by atoms with Crippen LogP contribution in [0, 0.1) is 0 Å². The largest absolute Gasteiger partial charge is 0.451 e. The first-order valence-corrected chi connectivity index (χ1v) is 6.93. The Hall–Kier alpha value is -2.11. The van der Waals surface area contributed by atoms with Gasteiger partial charge in [-0.2, -0.15) is 5.10 Å². The summed E-state index contributed by atoms with van der Waals surface area (Å²) in [6.45, 7) is 6.00. The highest BCUT2D eigenvalue weighted by atomic mass is 16.3. The molecule has 0 aliphatic carbocycles. The smallest absolute Gasteiger partial charge is 0.219 e. The monoisotopic (exact) mass is 274 g/mol. The molecule has 3 rings (SSSR count). The van der Waals surface area contributed by atoms with Gasteiger partial charge in [0.2, 0.25) is 5.91 Å². The fraction of sp³-hybridized carbons (Fsp3) is 0.500. The van der Waals surface area contributed by atoms with Crippen LogP contribution in [0.1, 0.15) is 31.5 Å². The van der Waals surface area contributed by atoms with Gasteiger partial charge in [0, 0.05) is 44.2 Å². The summed E-state index contributed by atoms with van der Waals surface area (Å²) in [7, 11) is 0. The van der Waals surface area contributed by atoms with Crippen LogP contribution in [0.2, 0.25) is 0 Å². The van der Waals surface area contributed by atoms with Crippen LogP contribution < -0.4 is 0 Å². The molecule has 2 aromatic rings. The van der Waals surface area contributed by atoms with Crippen LogP contribution >= 0.6 is 0 Å². The summed E-state index contributed by atoms with van der Waals surface area (Å²) in [5.41, 5.74) is 3.91. The van der Waals surface area contributed by atoms with Gasteiger partial charge in [0.25, 0.3) is 0 Å². The Bertz CT molecular complexity index is 615. The van der Waals surface area contributed by atoms with Crippen molar-refractivity contribution in [1.29, 1.82) is 0 Å². The van der Waals surface area contributed by atoms with Crippen molar-refractivity contribution < 1.29 is 9.21 Å². The lowest BCUT2D eigenvalue weighted by Crippen LogP contribution is -2.34. The van der Waals surface area contributed by atoms with Crippen LogP contribution in [0.15, 0.2) is 17.1 Å². The summed E-state index contributed by atoms with van der Waals surface area (Å²) < 4.78 is 7.11. The van der Waals surface area contributed by atoms with E-state index in [9.17, 15) is 4.79 Å². The second-order valence-corrected chi connectivity index (χ2v) is 5.06. The minimum absolute atomic E-state index is 0.102. The molecule has 0 saturated carbocycles. The van der Waals surface area contributed by atoms with Gasteiger partial charge in [-0.15, -0.1) is 0 Å². The minimum atomic E-state index is 0.102. The number of rotatable bonds is 3. The van der Waals surface area contributed by atoms with Crippen molar-refractivity contribution in [3.63, 3.8) is 0 Å². The molecule has 1 amide bonds. The number of amides is 1. The fourth-order valence-corrected chi connectivity index (χ4v) is 2.69. The van der Waals surface area contributed by atoms with Crippen LogP contribution in [0.25, 0.3) is 11.4 Å². The maximum Gasteiger partial charge on any atom is 0.219 e. The normalized spacial score (nSPS) is 14.4. The zero-order valence-electron chi connectivity index (χ0n) is 11.8. The van der Waals surface area contributed by atoms with Crippen LogP contribution in [-0.2, 0) is 24.3 Å². The van der Waals surface area contributed by atoms with E-state index in [-0.39, 0.29) is 5.91 Å². The van der Waals surface area contributed by atoms with E-state index in [0.29, 0.717) is 6.54 Å². The van der Waals surface area contributed by atoms with Crippen LogP contribution in [0.3, 0.4) is 0 Å². The lowest BCUT2D eigenvalue weighted by molar-refractivity contribution is -0.129. The fourth-order valence-electron chi connectivity index (χ4n) is 2.69. The molecule has 0 bridgehead atoms. The topological polar surface area (TPSA) is 64.2 Å². The zero-order chi connectivity index (χ0) is 14.1. The molecule has 0 atom stereocenters. The Balaban J connectivity index is 2.05. The molecule has 6 heteroatoms. The van der Waals surface area contributed by atoms with Gasteiger partial charge in [0.1, 0.15) is 17.7 Å². The maximum absolute atomic E-state index is 11.6. The highest BCUT2D eigenvalue weighted by Crippen LogP contribution is 2.29. The van der Waals surface area contributed by atoms with Gasteiger partial charge in [-0.1, -0.05) is 6.92 Å². The van der Waals surface area contributed by atoms with Crippen molar-refractivity contribution in [1.82, 2.24) is 19.7 Å². The average molecular weight is 274 g/mol. The zero-order valence-corrected chi connectivity index (χ0v) is 11.8. The van der Waals surface area contributed by atoms with Crippen molar-refractivity contribution >= 4 is 5.91 Å². The summed E-state index contributed by atoms with van der Waals surface area (Å²) >= 11 is 0. The number of carbonyl (C=O) groups is 1. The van der Waals surface area contributed by atoms with Gasteiger partial charge < -0.3 is 9.32 Å². The Kier molecular flexibility index (Phi) is 3.30. The molecule has 1 aliphatic heterocycles. The van der Waals surface area contributed by atoms with E-state index in [1.807, 2.05) is 4.90 Å². The first kappa shape index (κ1) is 12.9. The third-order valence-corrected chi connectivity index (χ3v) is 3.69. The third-order valence-electron chi connectivity index (χ3n) is 3.69. The highest BCUT2D eigenvalue weighted by molar-refractivity contribution is 5.74. The predicted octanol–water partition coefficient (Wildman–Crippen LogP) is 1.85. The lowest BCUT2D eigenvalue weighted by Gasteiger charge is -2.26. The Labute approximate surface area is 117 Å². The molecule has 0 spiro atoms. The van der Waals surface area contributed by atoms with Gasteiger partial charge in [-0.05, 0) is 6.42 Å². The first-order valence-electron chi connectivity index (χ1n) is 6.93. The molecule has 0 aromatic carbocycles. The van der Waals surface area contributed by atoms with E-state index in [2.05, 4.69) is 21.7 Å². The van der Waals surface area contributed by atoms with E-state index in [4.69, 9.17) is 4.42 Å². The first-order chi connectivity index (χ1) is 9.70. The van der Waals surface area contributed by atoms with Crippen LogP contribution in [0.4, 0.5) is 0 Å². The SMILES string of the molecule is CCCn1nc(-c2cocn2)c2c1CCN(C(C)=O)C2. The molecule has 0 N–H and O–H groups in total. The molecule has 0 saturated heterocycles. The Morgan fingerprint density at radius 2 is 2.35 bits per heavy atom. The van der Waals surface area contributed by atoms with Crippen LogP contribution in [-0.4, -0.2) is 32.1 Å². The summed E-state index contributed by atoms with van der Waals surface area (Å²) in [4.78, 5) is 17.6. The van der Waals surface area contributed by atoms with Crippen molar-refractivity contribution in [2.75, 3.05) is 6.54 Å².